The number of anilines is 2. The van der Waals surface area contributed by atoms with Crippen LogP contribution in [-0.2, 0) is 6.42 Å². The van der Waals surface area contributed by atoms with Crippen LogP contribution in [0.5, 0.6) is 0 Å². The molecule has 0 saturated carbocycles. The van der Waals surface area contributed by atoms with E-state index in [0.29, 0.717) is 25.4 Å². The summed E-state index contributed by atoms with van der Waals surface area (Å²) in [6.45, 7) is 2.13. The minimum atomic E-state index is -0.324. The van der Waals surface area contributed by atoms with Crippen molar-refractivity contribution in [3.05, 3.63) is 42.5 Å². The fraction of sp³-hybridized carbons (Fsp3) is 0.450. The summed E-state index contributed by atoms with van der Waals surface area (Å²) >= 11 is 0. The Kier molecular flexibility index (Phi) is 5.40. The minimum absolute atomic E-state index is 0.243. The van der Waals surface area contributed by atoms with Crippen molar-refractivity contribution in [2.75, 3.05) is 43.9 Å². The van der Waals surface area contributed by atoms with E-state index in [1.54, 1.807) is 6.33 Å². The largest absolute Gasteiger partial charge is 0.441 e. The molecule has 3 aromatic rings. The molecule has 1 aliphatic rings. The van der Waals surface area contributed by atoms with E-state index in [0.717, 1.165) is 35.7 Å². The number of para-hydroxylation sites is 2. The molecule has 0 amide bonds. The van der Waals surface area contributed by atoms with Crippen molar-refractivity contribution in [3.8, 4) is 0 Å². The average molecular weight is 382 g/mol. The number of benzene rings is 1. The van der Waals surface area contributed by atoms with Gasteiger partial charge in [0.2, 0.25) is 0 Å². The van der Waals surface area contributed by atoms with Gasteiger partial charge in [0.15, 0.2) is 11.5 Å². The van der Waals surface area contributed by atoms with E-state index in [1.807, 2.05) is 44.4 Å². The SMILES string of the molecule is CN(C)C[C@H]1C[C@@H](O)CN1c1cc(NCCc2nc3ccccc3o2)ncn1. The van der Waals surface area contributed by atoms with Gasteiger partial charge in [0, 0.05) is 38.2 Å². The van der Waals surface area contributed by atoms with Crippen molar-refractivity contribution >= 4 is 22.7 Å². The van der Waals surface area contributed by atoms with Crippen molar-refractivity contribution in [1.82, 2.24) is 19.9 Å². The van der Waals surface area contributed by atoms with Crippen LogP contribution in [0.25, 0.3) is 11.1 Å². The van der Waals surface area contributed by atoms with Crippen LogP contribution in [0.15, 0.2) is 41.1 Å². The Balaban J connectivity index is 1.39. The van der Waals surface area contributed by atoms with Gasteiger partial charge in [-0.25, -0.2) is 15.0 Å². The van der Waals surface area contributed by atoms with Gasteiger partial charge in [-0.2, -0.15) is 0 Å². The highest BCUT2D eigenvalue weighted by Crippen LogP contribution is 2.25. The van der Waals surface area contributed by atoms with Crippen LogP contribution in [-0.4, -0.2) is 70.8 Å². The molecule has 1 aliphatic heterocycles. The summed E-state index contributed by atoms with van der Waals surface area (Å²) in [5.41, 5.74) is 1.68. The van der Waals surface area contributed by atoms with E-state index >= 15 is 0 Å². The second-order valence-electron chi connectivity index (χ2n) is 7.47. The maximum Gasteiger partial charge on any atom is 0.197 e. The molecule has 0 bridgehead atoms. The number of rotatable bonds is 7. The number of aliphatic hydroxyl groups is 1. The molecule has 2 atom stereocenters. The smallest absolute Gasteiger partial charge is 0.197 e. The summed E-state index contributed by atoms with van der Waals surface area (Å²) in [5, 5.41) is 13.4. The van der Waals surface area contributed by atoms with Gasteiger partial charge in [-0.15, -0.1) is 0 Å². The zero-order valence-electron chi connectivity index (χ0n) is 16.2. The van der Waals surface area contributed by atoms with Gasteiger partial charge < -0.3 is 24.6 Å². The highest BCUT2D eigenvalue weighted by molar-refractivity contribution is 5.72. The number of likely N-dealkylation sites (N-methyl/N-ethyl adjacent to an activating group) is 1. The molecule has 28 heavy (non-hydrogen) atoms. The molecule has 8 heteroatoms. The molecule has 0 spiro atoms. The molecular weight excluding hydrogens is 356 g/mol. The molecule has 0 unspecified atom stereocenters. The monoisotopic (exact) mass is 382 g/mol. The third-order valence-corrected chi connectivity index (χ3v) is 4.90. The lowest BCUT2D eigenvalue weighted by atomic mass is 10.2. The van der Waals surface area contributed by atoms with E-state index in [2.05, 4.69) is 30.1 Å². The molecule has 148 valence electrons. The first-order chi connectivity index (χ1) is 13.6. The molecule has 4 rings (SSSR count). The molecule has 3 heterocycles. The van der Waals surface area contributed by atoms with Crippen molar-refractivity contribution < 1.29 is 9.52 Å². The number of nitrogens with zero attached hydrogens (tertiary/aromatic N) is 5. The fourth-order valence-electron chi connectivity index (χ4n) is 3.69. The molecule has 2 N–H and O–H groups in total. The Hall–Kier alpha value is -2.71. The molecule has 8 nitrogen and oxygen atoms in total. The van der Waals surface area contributed by atoms with E-state index in [9.17, 15) is 5.11 Å². The van der Waals surface area contributed by atoms with Gasteiger partial charge >= 0.3 is 0 Å². The zero-order valence-corrected chi connectivity index (χ0v) is 16.2. The predicted molar refractivity (Wildman–Crippen MR) is 109 cm³/mol. The quantitative estimate of drug-likeness (QED) is 0.639. The van der Waals surface area contributed by atoms with E-state index in [-0.39, 0.29) is 12.1 Å². The minimum Gasteiger partial charge on any atom is -0.441 e. The molecule has 1 fully saturated rings. The Bertz CT molecular complexity index is 895. The average Bonchev–Trinajstić information content (AvgIpc) is 3.24. The number of fused-ring (bicyclic) bond motifs is 1. The number of nitrogens with one attached hydrogen (secondary N) is 1. The Morgan fingerprint density at radius 3 is 2.96 bits per heavy atom. The standard InChI is InChI=1S/C20H26N6O2/c1-25(2)11-14-9-15(27)12-26(14)19-10-18(22-13-23-19)21-8-7-20-24-16-5-3-4-6-17(16)28-20/h3-6,10,13-15,27H,7-9,11-12H2,1-2H3,(H,21,22,23)/t14-,15-/m1/s1. The first kappa shape index (κ1) is 18.6. The van der Waals surface area contributed by atoms with Crippen LogP contribution < -0.4 is 10.2 Å². The molecule has 1 aromatic carbocycles. The Labute approximate surface area is 164 Å². The summed E-state index contributed by atoms with van der Waals surface area (Å²) < 4.78 is 5.75. The summed E-state index contributed by atoms with van der Waals surface area (Å²) in [4.78, 5) is 17.5. The first-order valence-electron chi connectivity index (χ1n) is 9.58. The van der Waals surface area contributed by atoms with Gasteiger partial charge in [0.25, 0.3) is 0 Å². The summed E-state index contributed by atoms with van der Waals surface area (Å²) in [7, 11) is 4.09. The highest BCUT2D eigenvalue weighted by atomic mass is 16.3. The lowest BCUT2D eigenvalue weighted by molar-refractivity contribution is 0.191. The number of oxazole rings is 1. The van der Waals surface area contributed by atoms with Crippen LogP contribution in [0.1, 0.15) is 12.3 Å². The van der Waals surface area contributed by atoms with Gasteiger partial charge in [-0.1, -0.05) is 12.1 Å². The van der Waals surface area contributed by atoms with Crippen molar-refractivity contribution in [3.63, 3.8) is 0 Å². The summed E-state index contributed by atoms with van der Waals surface area (Å²) in [6, 6.07) is 9.94. The third kappa shape index (κ3) is 4.23. The number of aliphatic hydroxyl groups excluding tert-OH is 1. The summed E-state index contributed by atoms with van der Waals surface area (Å²) in [6.07, 6.45) is 2.66. The van der Waals surface area contributed by atoms with Crippen molar-refractivity contribution in [2.24, 2.45) is 0 Å². The lowest BCUT2D eigenvalue weighted by Crippen LogP contribution is -2.38. The van der Waals surface area contributed by atoms with Crippen molar-refractivity contribution in [1.29, 1.82) is 0 Å². The second-order valence-corrected chi connectivity index (χ2v) is 7.47. The van der Waals surface area contributed by atoms with Crippen LogP contribution in [0.4, 0.5) is 11.6 Å². The maximum absolute atomic E-state index is 10.1. The number of hydrogen-bond acceptors (Lipinski definition) is 8. The third-order valence-electron chi connectivity index (χ3n) is 4.90. The topological polar surface area (TPSA) is 90.6 Å². The van der Waals surface area contributed by atoms with Crippen LogP contribution in [0.3, 0.4) is 0 Å². The molecule has 0 aliphatic carbocycles. The fourth-order valence-corrected chi connectivity index (χ4v) is 3.69. The lowest BCUT2D eigenvalue weighted by Gasteiger charge is -2.27. The van der Waals surface area contributed by atoms with Crippen molar-refractivity contribution in [2.45, 2.75) is 25.0 Å². The van der Waals surface area contributed by atoms with Crippen LogP contribution in [0, 0.1) is 0 Å². The number of hydrogen-bond donors (Lipinski definition) is 2. The molecule has 0 radical (unpaired) electrons. The first-order valence-corrected chi connectivity index (χ1v) is 9.58. The second kappa shape index (κ2) is 8.12. The number of β-amino-alcohol motifs (C(OH)–C–C–N with tert-alkyl or cyclic N) is 1. The van der Waals surface area contributed by atoms with Crippen LogP contribution in [0.2, 0.25) is 0 Å². The Morgan fingerprint density at radius 1 is 1.29 bits per heavy atom. The van der Waals surface area contributed by atoms with Gasteiger partial charge in [0.05, 0.1) is 6.10 Å². The number of aromatic nitrogens is 3. The zero-order chi connectivity index (χ0) is 19.5. The highest BCUT2D eigenvalue weighted by Gasteiger charge is 2.32. The van der Waals surface area contributed by atoms with E-state index in [1.165, 1.54) is 0 Å². The van der Waals surface area contributed by atoms with Gasteiger partial charge in [0.1, 0.15) is 23.5 Å². The molecule has 2 aromatic heterocycles. The predicted octanol–water partition coefficient (Wildman–Crippen LogP) is 1.77. The maximum atomic E-state index is 10.1. The van der Waals surface area contributed by atoms with Crippen LogP contribution >= 0.6 is 0 Å². The van der Waals surface area contributed by atoms with Gasteiger partial charge in [-0.3, -0.25) is 0 Å². The van der Waals surface area contributed by atoms with E-state index < -0.39 is 0 Å². The summed E-state index contributed by atoms with van der Waals surface area (Å²) in [5.74, 6) is 2.30. The van der Waals surface area contributed by atoms with Gasteiger partial charge in [-0.05, 0) is 32.6 Å². The Morgan fingerprint density at radius 2 is 2.14 bits per heavy atom. The molecular formula is C20H26N6O2. The normalized spacial score (nSPS) is 19.6. The van der Waals surface area contributed by atoms with E-state index in [4.69, 9.17) is 4.42 Å². The molecule has 1 saturated heterocycles.